The first kappa shape index (κ1) is 36.2. The Kier molecular flexibility index (Phi) is 10.6. The third-order valence-corrected chi connectivity index (χ3v) is 10.3. The van der Waals surface area contributed by atoms with Crippen LogP contribution in [0.5, 0.6) is 5.75 Å². The monoisotopic (exact) mass is 727 g/mol. The van der Waals surface area contributed by atoms with Crippen LogP contribution < -0.4 is 14.8 Å². The largest absolute Gasteiger partial charge is 0.490 e. The van der Waals surface area contributed by atoms with Crippen LogP contribution in [0.15, 0.2) is 47.8 Å². The summed E-state index contributed by atoms with van der Waals surface area (Å²) >= 11 is 6.23. The number of unbranched alkanes of at least 4 members (excludes halogenated alkanes) is 1. The van der Waals surface area contributed by atoms with Crippen molar-refractivity contribution in [1.29, 1.82) is 0 Å². The van der Waals surface area contributed by atoms with Crippen LogP contribution in [-0.2, 0) is 10.0 Å². The van der Waals surface area contributed by atoms with Gasteiger partial charge in [-0.1, -0.05) is 24.1 Å². The summed E-state index contributed by atoms with van der Waals surface area (Å²) in [6.45, 7) is 4.97. The molecular formula is C31H37ClF3N7O6S. The fourth-order valence-corrected chi connectivity index (χ4v) is 7.28. The number of alkyl halides is 3. The predicted molar refractivity (Wildman–Crippen MR) is 172 cm³/mol. The minimum absolute atomic E-state index is 0.0915. The molecule has 5 rings (SSSR count). The van der Waals surface area contributed by atoms with Gasteiger partial charge in [-0.05, 0) is 82.1 Å². The topological polar surface area (TPSA) is 169 Å². The molecule has 266 valence electrons. The molecular weight excluding hydrogens is 691 g/mol. The summed E-state index contributed by atoms with van der Waals surface area (Å²) in [5, 5.41) is 15.9. The SMILES string of the molecule is CC1(C)CC(CCCCNc2cccc(S(=O)(=O)NC(=O)c3ccc(-n4cc(OCCC5CC5C(F)(F)F)cn4)nc3Cl)n2)CN1C(=O)O. The van der Waals surface area contributed by atoms with Crippen molar-refractivity contribution in [2.24, 2.45) is 17.8 Å². The van der Waals surface area contributed by atoms with Crippen LogP contribution in [0.25, 0.3) is 5.82 Å². The van der Waals surface area contributed by atoms with E-state index in [1.165, 1.54) is 46.2 Å². The maximum absolute atomic E-state index is 13.0. The first-order valence-electron chi connectivity index (χ1n) is 15.7. The molecule has 49 heavy (non-hydrogen) atoms. The third kappa shape index (κ3) is 9.12. The second-order valence-corrected chi connectivity index (χ2v) is 14.9. The Morgan fingerprint density at radius 3 is 2.59 bits per heavy atom. The summed E-state index contributed by atoms with van der Waals surface area (Å²) in [5.41, 5.74) is -0.602. The number of anilines is 1. The highest BCUT2D eigenvalue weighted by Crippen LogP contribution is 2.51. The number of pyridine rings is 2. The summed E-state index contributed by atoms with van der Waals surface area (Å²) in [6.07, 6.45) is 1.38. The van der Waals surface area contributed by atoms with Gasteiger partial charge in [-0.25, -0.2) is 24.2 Å². The van der Waals surface area contributed by atoms with Gasteiger partial charge in [-0.15, -0.1) is 0 Å². The van der Waals surface area contributed by atoms with Crippen LogP contribution in [0.3, 0.4) is 0 Å². The number of hydrogen-bond acceptors (Lipinski definition) is 9. The average Bonchev–Trinajstić information content (AvgIpc) is 3.54. The Balaban J connectivity index is 1.09. The summed E-state index contributed by atoms with van der Waals surface area (Å²) in [4.78, 5) is 34.1. The molecule has 0 bridgehead atoms. The zero-order valence-corrected chi connectivity index (χ0v) is 28.4. The molecule has 1 saturated heterocycles. The Bertz CT molecular complexity index is 1790. The molecule has 3 aromatic rings. The molecule has 0 radical (unpaired) electrons. The number of likely N-dealkylation sites (tertiary alicyclic amines) is 1. The number of carboxylic acid groups (broad SMARTS) is 1. The van der Waals surface area contributed by atoms with E-state index in [2.05, 4.69) is 20.4 Å². The van der Waals surface area contributed by atoms with Crippen molar-refractivity contribution < 1.29 is 41.0 Å². The van der Waals surface area contributed by atoms with Crippen LogP contribution >= 0.6 is 11.6 Å². The van der Waals surface area contributed by atoms with Crippen LogP contribution in [-0.4, -0.2) is 81.6 Å². The van der Waals surface area contributed by atoms with E-state index >= 15 is 0 Å². The molecule has 2 aliphatic rings. The normalized spacial score (nSPS) is 20.2. The van der Waals surface area contributed by atoms with E-state index in [9.17, 15) is 36.3 Å². The van der Waals surface area contributed by atoms with E-state index < -0.39 is 40.0 Å². The zero-order valence-electron chi connectivity index (χ0n) is 26.8. The van der Waals surface area contributed by atoms with Gasteiger partial charge in [0.2, 0.25) is 0 Å². The number of nitrogens with one attached hydrogen (secondary N) is 2. The van der Waals surface area contributed by atoms with E-state index in [1.807, 2.05) is 18.6 Å². The average molecular weight is 728 g/mol. The first-order valence-corrected chi connectivity index (χ1v) is 17.6. The highest BCUT2D eigenvalue weighted by atomic mass is 35.5. The second kappa shape index (κ2) is 14.4. The molecule has 1 aliphatic carbocycles. The highest BCUT2D eigenvalue weighted by molar-refractivity contribution is 7.90. The maximum Gasteiger partial charge on any atom is 0.407 e. The summed E-state index contributed by atoms with van der Waals surface area (Å²) in [6, 6.07) is 7.01. The van der Waals surface area contributed by atoms with Crippen molar-refractivity contribution >= 4 is 39.4 Å². The van der Waals surface area contributed by atoms with Gasteiger partial charge in [0.1, 0.15) is 11.0 Å². The molecule has 4 heterocycles. The smallest absolute Gasteiger partial charge is 0.407 e. The second-order valence-electron chi connectivity index (χ2n) is 12.9. The zero-order chi connectivity index (χ0) is 35.6. The molecule has 13 nitrogen and oxygen atoms in total. The number of halogens is 4. The molecule has 0 spiro atoms. The molecule has 3 aromatic heterocycles. The van der Waals surface area contributed by atoms with Crippen molar-refractivity contribution in [2.75, 3.05) is 25.0 Å². The van der Waals surface area contributed by atoms with Gasteiger partial charge in [0.05, 0.1) is 30.5 Å². The number of nitrogens with zero attached hydrogens (tertiary/aromatic N) is 5. The summed E-state index contributed by atoms with van der Waals surface area (Å²) in [7, 11) is -4.38. The van der Waals surface area contributed by atoms with E-state index in [1.54, 1.807) is 6.07 Å². The van der Waals surface area contributed by atoms with E-state index in [0.717, 1.165) is 25.7 Å². The predicted octanol–water partition coefficient (Wildman–Crippen LogP) is 5.76. The van der Waals surface area contributed by atoms with Gasteiger partial charge in [0.25, 0.3) is 15.9 Å². The summed E-state index contributed by atoms with van der Waals surface area (Å²) in [5.74, 6) is -1.66. The van der Waals surface area contributed by atoms with Gasteiger partial charge >= 0.3 is 12.3 Å². The molecule has 2 amide bonds. The fourth-order valence-electron chi connectivity index (χ4n) is 6.11. The van der Waals surface area contributed by atoms with Crippen molar-refractivity contribution in [1.82, 2.24) is 29.4 Å². The number of carbonyl (C=O) groups is 2. The van der Waals surface area contributed by atoms with Gasteiger partial charge in [-0.2, -0.15) is 26.7 Å². The highest BCUT2D eigenvalue weighted by Gasteiger charge is 2.55. The molecule has 18 heteroatoms. The molecule has 0 aromatic carbocycles. The molecule has 1 saturated carbocycles. The number of sulfonamides is 1. The fraction of sp³-hybridized carbons (Fsp3) is 0.516. The lowest BCUT2D eigenvalue weighted by atomic mass is 9.93. The van der Waals surface area contributed by atoms with E-state index in [-0.39, 0.29) is 52.5 Å². The van der Waals surface area contributed by atoms with Crippen LogP contribution in [0.2, 0.25) is 5.15 Å². The Hall–Kier alpha value is -4.12. The van der Waals surface area contributed by atoms with Crippen LogP contribution in [0.1, 0.15) is 62.7 Å². The lowest BCUT2D eigenvalue weighted by Gasteiger charge is -2.28. The molecule has 2 fully saturated rings. The van der Waals surface area contributed by atoms with Gasteiger partial charge in [0, 0.05) is 18.6 Å². The maximum atomic E-state index is 13.0. The lowest BCUT2D eigenvalue weighted by molar-refractivity contribution is -0.151. The first-order chi connectivity index (χ1) is 23.0. The number of aromatic nitrogens is 4. The minimum Gasteiger partial charge on any atom is -0.490 e. The standard InChI is InChI=1S/C31H37ClF3N7O6S/c1-30(2)15-19(17-41(30)29(44)45)6-3-4-12-36-24-7-5-8-26(38-24)49(46,47)40-28(43)22-9-10-25(39-27(22)32)42-18-21(16-37-42)48-13-11-20-14-23(20)31(33,34)35/h5,7-10,16,18-20,23H,3-4,6,11-15,17H2,1-2H3,(H,36,38)(H,40,43)(H,44,45). The number of hydrogen-bond donors (Lipinski definition) is 3. The minimum atomic E-state index is -4.38. The van der Waals surface area contributed by atoms with E-state index in [4.69, 9.17) is 16.3 Å². The number of rotatable bonds is 14. The van der Waals surface area contributed by atoms with Gasteiger partial charge < -0.3 is 20.1 Å². The number of carbonyl (C=O) groups excluding carboxylic acids is 1. The Morgan fingerprint density at radius 2 is 1.92 bits per heavy atom. The van der Waals surface area contributed by atoms with Crippen molar-refractivity contribution in [3.63, 3.8) is 0 Å². The van der Waals surface area contributed by atoms with Crippen molar-refractivity contribution in [3.05, 3.63) is 53.4 Å². The Morgan fingerprint density at radius 1 is 1.14 bits per heavy atom. The molecule has 3 N–H and O–H groups in total. The van der Waals surface area contributed by atoms with E-state index in [0.29, 0.717) is 24.7 Å². The molecule has 3 atom stereocenters. The van der Waals surface area contributed by atoms with Crippen LogP contribution in [0.4, 0.5) is 23.8 Å². The number of ether oxygens (including phenoxy) is 1. The number of amides is 2. The molecule has 3 unspecified atom stereocenters. The lowest BCUT2D eigenvalue weighted by Crippen LogP contribution is -2.41. The Labute approximate surface area is 286 Å². The quantitative estimate of drug-likeness (QED) is 0.137. The van der Waals surface area contributed by atoms with Gasteiger partial charge in [0.15, 0.2) is 16.6 Å². The third-order valence-electron chi connectivity index (χ3n) is 8.73. The summed E-state index contributed by atoms with van der Waals surface area (Å²) < 4.78 is 72.9. The molecule has 1 aliphatic heterocycles. The van der Waals surface area contributed by atoms with Crippen LogP contribution in [0, 0.1) is 17.8 Å². The van der Waals surface area contributed by atoms with Crippen molar-refractivity contribution in [3.8, 4) is 11.6 Å². The van der Waals surface area contributed by atoms with Gasteiger partial charge in [-0.3, -0.25) is 4.79 Å². The van der Waals surface area contributed by atoms with Crippen molar-refractivity contribution in [2.45, 2.75) is 69.1 Å².